The van der Waals surface area contributed by atoms with Crippen LogP contribution in [-0.4, -0.2) is 12.1 Å². The molecule has 3 heteroatoms. The van der Waals surface area contributed by atoms with Crippen molar-refractivity contribution in [2.75, 3.05) is 0 Å². The molecule has 1 aliphatic carbocycles. The van der Waals surface area contributed by atoms with Gasteiger partial charge in [0, 0.05) is 5.92 Å². The molecule has 0 radical (unpaired) electrons. The molecule has 0 heterocycles. The largest absolute Gasteiger partial charge is 0.273 e. The Balaban J connectivity index is 1.85. The van der Waals surface area contributed by atoms with Gasteiger partial charge in [-0.05, 0) is 18.4 Å². The van der Waals surface area contributed by atoms with Crippen molar-refractivity contribution < 1.29 is 4.79 Å². The molecule has 1 fully saturated rings. The molecule has 0 bridgehead atoms. The Bertz CT molecular complexity index is 342. The van der Waals surface area contributed by atoms with E-state index in [0.717, 1.165) is 18.4 Å². The van der Waals surface area contributed by atoms with Crippen molar-refractivity contribution in [2.45, 2.75) is 12.8 Å². The zero-order chi connectivity index (χ0) is 9.80. The van der Waals surface area contributed by atoms with E-state index in [2.05, 4.69) is 10.5 Å². The Morgan fingerprint density at radius 2 is 2.07 bits per heavy atom. The second-order valence-corrected chi connectivity index (χ2v) is 3.42. The molecule has 2 rings (SSSR count). The fourth-order valence-corrected chi connectivity index (χ4v) is 1.15. The second-order valence-electron chi connectivity index (χ2n) is 3.42. The number of benzene rings is 1. The minimum atomic E-state index is 0.0391. The van der Waals surface area contributed by atoms with Gasteiger partial charge in [0.1, 0.15) is 0 Å². The van der Waals surface area contributed by atoms with Crippen LogP contribution in [0.4, 0.5) is 0 Å². The van der Waals surface area contributed by atoms with Gasteiger partial charge in [0.25, 0.3) is 0 Å². The molecule has 1 saturated carbocycles. The third kappa shape index (κ3) is 2.42. The minimum Gasteiger partial charge on any atom is -0.273 e. The zero-order valence-corrected chi connectivity index (χ0v) is 7.81. The number of hydrazone groups is 1. The molecule has 14 heavy (non-hydrogen) atoms. The fourth-order valence-electron chi connectivity index (χ4n) is 1.15. The number of nitrogens with one attached hydrogen (secondary N) is 1. The fraction of sp³-hybridized carbons (Fsp3) is 0.273. The first-order chi connectivity index (χ1) is 6.86. The minimum absolute atomic E-state index is 0.0391. The summed E-state index contributed by atoms with van der Waals surface area (Å²) in [6.45, 7) is 0. The summed E-state index contributed by atoms with van der Waals surface area (Å²) in [6, 6.07) is 9.69. The highest BCUT2D eigenvalue weighted by atomic mass is 16.2. The standard InChI is InChI=1S/C11H12N2O/c14-11(10-6-7-10)13-12-8-9-4-2-1-3-5-9/h1-5,8,10H,6-7H2,(H,13,14)/b12-8-. The maximum atomic E-state index is 11.2. The van der Waals surface area contributed by atoms with Crippen molar-refractivity contribution in [3.8, 4) is 0 Å². The number of rotatable bonds is 3. The molecule has 1 aromatic carbocycles. The zero-order valence-electron chi connectivity index (χ0n) is 7.81. The lowest BCUT2D eigenvalue weighted by Gasteiger charge is -1.95. The molecule has 1 aliphatic rings. The summed E-state index contributed by atoms with van der Waals surface area (Å²) in [5.41, 5.74) is 3.51. The van der Waals surface area contributed by atoms with Gasteiger partial charge in [-0.3, -0.25) is 4.79 Å². The number of carbonyl (C=O) groups excluding carboxylic acids is 1. The molecule has 0 spiro atoms. The molecule has 3 nitrogen and oxygen atoms in total. The summed E-state index contributed by atoms with van der Waals surface area (Å²) in [6.07, 6.45) is 3.67. The first-order valence-electron chi connectivity index (χ1n) is 4.74. The van der Waals surface area contributed by atoms with Gasteiger partial charge in [-0.25, -0.2) is 5.43 Å². The highest BCUT2D eigenvalue weighted by Crippen LogP contribution is 2.28. The van der Waals surface area contributed by atoms with Crippen LogP contribution in [0.1, 0.15) is 18.4 Å². The number of hydrogen-bond donors (Lipinski definition) is 1. The highest BCUT2D eigenvalue weighted by molar-refractivity contribution is 5.84. The molecule has 72 valence electrons. The summed E-state index contributed by atoms with van der Waals surface area (Å²) in [5.74, 6) is 0.250. The van der Waals surface area contributed by atoms with Crippen LogP contribution in [0.2, 0.25) is 0 Å². The van der Waals surface area contributed by atoms with Gasteiger partial charge in [0.05, 0.1) is 6.21 Å². The average molecular weight is 188 g/mol. The molecule has 1 aromatic rings. The Morgan fingerprint density at radius 1 is 1.36 bits per heavy atom. The summed E-state index contributed by atoms with van der Waals surface area (Å²) < 4.78 is 0. The predicted molar refractivity (Wildman–Crippen MR) is 54.9 cm³/mol. The van der Waals surface area contributed by atoms with E-state index >= 15 is 0 Å². The SMILES string of the molecule is O=C(N/N=C\c1ccccc1)C1CC1. The van der Waals surface area contributed by atoms with Crippen molar-refractivity contribution >= 4 is 12.1 Å². The van der Waals surface area contributed by atoms with Gasteiger partial charge in [0.15, 0.2) is 0 Å². The van der Waals surface area contributed by atoms with Crippen molar-refractivity contribution in [2.24, 2.45) is 11.0 Å². The Hall–Kier alpha value is -1.64. The van der Waals surface area contributed by atoms with E-state index < -0.39 is 0 Å². The van der Waals surface area contributed by atoms with Gasteiger partial charge >= 0.3 is 0 Å². The molecular formula is C11H12N2O. The van der Waals surface area contributed by atoms with E-state index in [-0.39, 0.29) is 11.8 Å². The average Bonchev–Trinajstić information content (AvgIpc) is 3.02. The van der Waals surface area contributed by atoms with Gasteiger partial charge in [0.2, 0.25) is 5.91 Å². The van der Waals surface area contributed by atoms with Crippen LogP contribution in [0.5, 0.6) is 0 Å². The maximum absolute atomic E-state index is 11.2. The van der Waals surface area contributed by atoms with E-state index in [0.29, 0.717) is 0 Å². The van der Waals surface area contributed by atoms with Crippen molar-refractivity contribution in [3.05, 3.63) is 35.9 Å². The van der Waals surface area contributed by atoms with Gasteiger partial charge < -0.3 is 0 Å². The third-order valence-electron chi connectivity index (χ3n) is 2.14. The quantitative estimate of drug-likeness (QED) is 0.567. The first kappa shape index (κ1) is 8.94. The maximum Gasteiger partial charge on any atom is 0.243 e. The molecule has 0 aromatic heterocycles. The summed E-state index contributed by atoms with van der Waals surface area (Å²) in [7, 11) is 0. The van der Waals surface area contributed by atoms with E-state index in [9.17, 15) is 4.79 Å². The van der Waals surface area contributed by atoms with Crippen LogP contribution in [0, 0.1) is 5.92 Å². The van der Waals surface area contributed by atoms with Crippen LogP contribution >= 0.6 is 0 Å². The first-order valence-corrected chi connectivity index (χ1v) is 4.74. The lowest BCUT2D eigenvalue weighted by atomic mass is 10.2. The van der Waals surface area contributed by atoms with E-state index in [4.69, 9.17) is 0 Å². The Labute approximate surface area is 82.8 Å². The monoisotopic (exact) mass is 188 g/mol. The van der Waals surface area contributed by atoms with Crippen molar-refractivity contribution in [3.63, 3.8) is 0 Å². The van der Waals surface area contributed by atoms with Crippen molar-refractivity contribution in [1.29, 1.82) is 0 Å². The molecule has 0 aliphatic heterocycles. The molecule has 1 amide bonds. The lowest BCUT2D eigenvalue weighted by molar-refractivity contribution is -0.122. The van der Waals surface area contributed by atoms with E-state index in [1.807, 2.05) is 30.3 Å². The number of nitrogens with zero attached hydrogens (tertiary/aromatic N) is 1. The van der Waals surface area contributed by atoms with Crippen LogP contribution in [0.25, 0.3) is 0 Å². The van der Waals surface area contributed by atoms with Crippen LogP contribution in [-0.2, 0) is 4.79 Å². The highest BCUT2D eigenvalue weighted by Gasteiger charge is 2.29. The molecular weight excluding hydrogens is 176 g/mol. The summed E-state index contributed by atoms with van der Waals surface area (Å²) in [4.78, 5) is 11.2. The van der Waals surface area contributed by atoms with Gasteiger partial charge in [-0.1, -0.05) is 30.3 Å². The summed E-state index contributed by atoms with van der Waals surface area (Å²) in [5, 5.41) is 3.88. The Morgan fingerprint density at radius 3 is 2.71 bits per heavy atom. The normalized spacial score (nSPS) is 15.7. The number of amides is 1. The number of hydrogen-bond acceptors (Lipinski definition) is 2. The second kappa shape index (κ2) is 4.05. The topological polar surface area (TPSA) is 41.5 Å². The van der Waals surface area contributed by atoms with Gasteiger partial charge in [-0.2, -0.15) is 5.10 Å². The molecule has 0 unspecified atom stereocenters. The van der Waals surface area contributed by atoms with Crippen LogP contribution < -0.4 is 5.43 Å². The van der Waals surface area contributed by atoms with E-state index in [1.54, 1.807) is 6.21 Å². The van der Waals surface area contributed by atoms with E-state index in [1.165, 1.54) is 0 Å². The molecule has 1 N–H and O–H groups in total. The van der Waals surface area contributed by atoms with Crippen LogP contribution in [0.15, 0.2) is 35.4 Å². The Kier molecular flexibility index (Phi) is 2.58. The smallest absolute Gasteiger partial charge is 0.243 e. The van der Waals surface area contributed by atoms with Crippen LogP contribution in [0.3, 0.4) is 0 Å². The van der Waals surface area contributed by atoms with Crippen molar-refractivity contribution in [1.82, 2.24) is 5.43 Å². The lowest BCUT2D eigenvalue weighted by Crippen LogP contribution is -2.18. The molecule has 0 saturated heterocycles. The van der Waals surface area contributed by atoms with Gasteiger partial charge in [-0.15, -0.1) is 0 Å². The third-order valence-corrected chi connectivity index (χ3v) is 2.14. The number of carbonyl (C=O) groups is 1. The summed E-state index contributed by atoms with van der Waals surface area (Å²) >= 11 is 0. The molecule has 0 atom stereocenters. The predicted octanol–water partition coefficient (Wildman–Crippen LogP) is 1.55.